The van der Waals surface area contributed by atoms with Crippen LogP contribution in [0.4, 0.5) is 17.3 Å². The van der Waals surface area contributed by atoms with Crippen molar-refractivity contribution in [3.63, 3.8) is 0 Å². The number of hydrogen-bond donors (Lipinski definition) is 4. The number of fused-ring (bicyclic) bond motifs is 1. The first-order chi connectivity index (χ1) is 24.7. The molecule has 4 N–H and O–H groups in total. The van der Waals surface area contributed by atoms with Crippen LogP contribution in [0, 0.1) is 5.92 Å². The Morgan fingerprint density at radius 3 is 2.51 bits per heavy atom. The van der Waals surface area contributed by atoms with Gasteiger partial charge in [0.2, 0.25) is 0 Å². The molecule has 4 unspecified atom stereocenters. The van der Waals surface area contributed by atoms with Crippen LogP contribution in [0.15, 0.2) is 66.5 Å². The summed E-state index contributed by atoms with van der Waals surface area (Å²) in [4.78, 5) is 25.5. The summed E-state index contributed by atoms with van der Waals surface area (Å²) in [6.45, 7) is 16.0. The molecule has 5 rings (SSSR count). The smallest absolute Gasteiger partial charge is 0.319 e. The van der Waals surface area contributed by atoms with Gasteiger partial charge in [0.1, 0.15) is 30.3 Å². The minimum absolute atomic E-state index is 0.126. The van der Waals surface area contributed by atoms with E-state index in [1.807, 2.05) is 59.1 Å². The Labute approximate surface area is 315 Å². The first-order valence-electron chi connectivity index (χ1n) is 17.3. The van der Waals surface area contributed by atoms with Crippen LogP contribution in [0.3, 0.4) is 0 Å². The molecule has 1 aliphatic carbocycles. The molecule has 2 fully saturated rings. The van der Waals surface area contributed by atoms with Crippen molar-refractivity contribution in [2.75, 3.05) is 48.9 Å². The number of aldehydes is 1. The minimum atomic E-state index is -1.55. The lowest BCUT2D eigenvalue weighted by molar-refractivity contribution is -0.110. The number of carbonyl (C=O) groups excluding carboxylic acids is 1. The zero-order valence-corrected chi connectivity index (χ0v) is 33.9. The van der Waals surface area contributed by atoms with Crippen LogP contribution in [0.5, 0.6) is 5.75 Å². The first kappa shape index (κ1) is 44.4. The number of hydrogen-bond acceptors (Lipinski definition) is 13. The Hall–Kier alpha value is -2.74. The van der Waals surface area contributed by atoms with E-state index in [4.69, 9.17) is 25.4 Å². The molecule has 15 heteroatoms. The lowest BCUT2D eigenvalue weighted by Crippen LogP contribution is -2.39. The van der Waals surface area contributed by atoms with Gasteiger partial charge in [0.15, 0.2) is 11.6 Å². The van der Waals surface area contributed by atoms with Gasteiger partial charge in [0.05, 0.1) is 24.9 Å². The summed E-state index contributed by atoms with van der Waals surface area (Å²) >= 11 is 7.44. The van der Waals surface area contributed by atoms with E-state index in [9.17, 15) is 4.79 Å². The molecule has 1 saturated heterocycles. The summed E-state index contributed by atoms with van der Waals surface area (Å²) in [6.07, 6.45) is 16.7. The Balaban J connectivity index is 0.000000510. The zero-order valence-electron chi connectivity index (χ0n) is 31.4. The molecule has 0 bridgehead atoms. The number of aromatic nitrogens is 2. The van der Waals surface area contributed by atoms with Gasteiger partial charge in [0.25, 0.3) is 0 Å². The number of carbonyl (C=O) groups is 1. The molecular weight excluding hydrogens is 709 g/mol. The number of nitrogens with zero attached hydrogens (tertiary/aromatic N) is 3. The monoisotopic (exact) mass is 765 g/mol. The van der Waals surface area contributed by atoms with Crippen LogP contribution in [0.2, 0.25) is 5.02 Å². The fourth-order valence-corrected chi connectivity index (χ4v) is 6.36. The Morgan fingerprint density at radius 2 is 1.92 bits per heavy atom. The van der Waals surface area contributed by atoms with Crippen LogP contribution >= 0.6 is 32.1 Å². The molecular formula is C36H57ClN7O5PS. The third kappa shape index (κ3) is 15.0. The van der Waals surface area contributed by atoms with E-state index in [1.54, 1.807) is 31.4 Å². The second-order valence-corrected chi connectivity index (χ2v) is 13.7. The number of anilines is 3. The first-order valence-corrected chi connectivity index (χ1v) is 20.1. The van der Waals surface area contributed by atoms with Crippen LogP contribution in [-0.2, 0) is 18.8 Å². The van der Waals surface area contributed by atoms with Gasteiger partial charge in [-0.05, 0) is 77.5 Å². The summed E-state index contributed by atoms with van der Waals surface area (Å²) in [7, 11) is 0.127. The predicted octanol–water partition coefficient (Wildman–Crippen LogP) is 8.67. The largest absolute Gasteiger partial charge is 0.436 e. The molecule has 3 heterocycles. The number of halogens is 1. The third-order valence-corrected chi connectivity index (χ3v) is 9.62. The van der Waals surface area contributed by atoms with Crippen molar-refractivity contribution >= 4 is 55.7 Å². The third-order valence-electron chi connectivity index (χ3n) is 7.67. The molecule has 0 amide bonds. The number of nitrogens with one attached hydrogen (secondary N) is 4. The number of ether oxygens (including phenoxy) is 2. The topological polar surface area (TPSA) is 131 Å². The van der Waals surface area contributed by atoms with Crippen LogP contribution in [0.25, 0.3) is 0 Å². The second-order valence-electron chi connectivity index (χ2n) is 11.5. The normalized spacial score (nSPS) is 20.5. The highest BCUT2D eigenvalue weighted by molar-refractivity contribution is 7.96. The number of allylic oxidation sites excluding steroid dienone is 6. The molecule has 3 aliphatic rings. The van der Waals surface area contributed by atoms with Crippen LogP contribution < -0.4 is 30.1 Å². The molecule has 1 saturated carbocycles. The molecule has 12 nitrogen and oxygen atoms in total. The van der Waals surface area contributed by atoms with Gasteiger partial charge in [-0.15, -0.1) is 0 Å². The molecule has 1 aromatic heterocycles. The minimum Gasteiger partial charge on any atom is -0.436 e. The van der Waals surface area contributed by atoms with Crippen molar-refractivity contribution in [2.45, 2.75) is 85.6 Å². The fourth-order valence-electron chi connectivity index (χ4n) is 4.62. The van der Waals surface area contributed by atoms with Gasteiger partial charge < -0.3 is 33.5 Å². The summed E-state index contributed by atoms with van der Waals surface area (Å²) in [5.41, 5.74) is 4.64. The maximum atomic E-state index is 11.6. The number of hydrazine groups is 1. The van der Waals surface area contributed by atoms with Crippen molar-refractivity contribution in [3.05, 3.63) is 71.6 Å². The summed E-state index contributed by atoms with van der Waals surface area (Å²) < 4.78 is 23.2. The van der Waals surface area contributed by atoms with E-state index >= 15 is 0 Å². The highest BCUT2D eigenvalue weighted by Gasteiger charge is 2.46. The van der Waals surface area contributed by atoms with Crippen LogP contribution in [0.1, 0.15) is 67.7 Å². The molecule has 0 radical (unpaired) electrons. The van der Waals surface area contributed by atoms with Gasteiger partial charge in [0, 0.05) is 24.7 Å². The van der Waals surface area contributed by atoms with E-state index in [2.05, 4.69) is 66.3 Å². The van der Waals surface area contributed by atoms with Gasteiger partial charge in [-0.25, -0.2) is 15.1 Å². The molecule has 51 heavy (non-hydrogen) atoms. The Morgan fingerprint density at radius 1 is 1.22 bits per heavy atom. The standard InChI is InChI=1S/C22H29ClN7O4PS.C9H14.C3H8O.C2H6/c1-14-9-17(33-21(14)30-13-26-18-19(27-29-36-2)24-12-25-20(18)30)10-32-35(28-22(11-31)7-8-22)34-16-5-3-15(23)4-6-16;1-4-6-7-8-9(3)5-2;1-3-4-2;1-2/h3-6,11-12,14,17,21,26,28-29H,7-10,13H2,1-2H3,(H,24,25,27);4-8H,1-3H3;3H2,1-2H3;1-2H3/b;6-4-,8-7-,9-5+;;. The van der Waals surface area contributed by atoms with Crippen molar-refractivity contribution in [2.24, 2.45) is 5.92 Å². The Bertz CT molecular complexity index is 1380. The van der Waals surface area contributed by atoms with Crippen molar-refractivity contribution in [1.82, 2.24) is 19.9 Å². The molecule has 284 valence electrons. The summed E-state index contributed by atoms with van der Waals surface area (Å²) in [5.74, 6) is 2.36. The number of benzene rings is 1. The van der Waals surface area contributed by atoms with Crippen molar-refractivity contribution < 1.29 is 23.3 Å². The maximum absolute atomic E-state index is 11.6. The maximum Gasteiger partial charge on any atom is 0.319 e. The van der Waals surface area contributed by atoms with Gasteiger partial charge >= 0.3 is 8.53 Å². The van der Waals surface area contributed by atoms with Crippen molar-refractivity contribution in [1.29, 1.82) is 0 Å². The molecule has 1 aromatic carbocycles. The molecule has 4 atom stereocenters. The molecule has 2 aromatic rings. The lowest BCUT2D eigenvalue weighted by atomic mass is 10.1. The van der Waals surface area contributed by atoms with Gasteiger partial charge in [-0.1, -0.05) is 80.3 Å². The highest BCUT2D eigenvalue weighted by atomic mass is 35.5. The van der Waals surface area contributed by atoms with E-state index in [1.165, 1.54) is 23.8 Å². The van der Waals surface area contributed by atoms with Gasteiger partial charge in [-0.3, -0.25) is 5.43 Å². The van der Waals surface area contributed by atoms with E-state index in [0.29, 0.717) is 29.9 Å². The number of rotatable bonds is 15. The van der Waals surface area contributed by atoms with Gasteiger partial charge in [-0.2, -0.15) is 4.83 Å². The van der Waals surface area contributed by atoms with Crippen LogP contribution in [-0.4, -0.2) is 67.4 Å². The SMILES string of the molecule is CC.CCOC.CSNNc1ncnc2c1NCN2C1OC(COP(NC2(C=O)CC2)Oc2ccc(Cl)cc2)CC1C.C\C=C/C=C\C(C)=C\C. The summed E-state index contributed by atoms with van der Waals surface area (Å²) in [6, 6.07) is 7.08. The molecule has 2 aliphatic heterocycles. The lowest BCUT2D eigenvalue weighted by Gasteiger charge is -2.28. The average molecular weight is 766 g/mol. The van der Waals surface area contributed by atoms with E-state index in [-0.39, 0.29) is 18.2 Å². The average Bonchev–Trinajstić information content (AvgIpc) is 3.64. The van der Waals surface area contributed by atoms with E-state index in [0.717, 1.165) is 43.7 Å². The van der Waals surface area contributed by atoms with Crippen molar-refractivity contribution in [3.8, 4) is 5.75 Å². The molecule has 0 spiro atoms. The zero-order chi connectivity index (χ0) is 37.6. The number of methoxy groups -OCH3 is 1. The fraction of sp³-hybridized carbons (Fsp3) is 0.528. The highest BCUT2D eigenvalue weighted by Crippen LogP contribution is 2.46. The quantitative estimate of drug-likeness (QED) is 0.0454. The van der Waals surface area contributed by atoms with E-state index < -0.39 is 14.1 Å². The summed E-state index contributed by atoms with van der Waals surface area (Å²) in [5, 5.41) is 7.26. The second kappa shape index (κ2) is 24.5. The Kier molecular flexibility index (Phi) is 21.3. The predicted molar refractivity (Wildman–Crippen MR) is 214 cm³/mol.